The van der Waals surface area contributed by atoms with Gasteiger partial charge in [0.2, 0.25) is 5.91 Å². The molecule has 38 heavy (non-hydrogen) atoms. The Morgan fingerprint density at radius 2 is 1.55 bits per heavy atom. The number of benzene rings is 2. The summed E-state index contributed by atoms with van der Waals surface area (Å²) in [6, 6.07) is 20.8. The van der Waals surface area contributed by atoms with Gasteiger partial charge < -0.3 is 19.9 Å². The largest absolute Gasteiger partial charge is 0.364 e. The van der Waals surface area contributed by atoms with Crippen molar-refractivity contribution in [3.63, 3.8) is 0 Å². The molecule has 2 unspecified atom stereocenters. The lowest BCUT2D eigenvalue weighted by molar-refractivity contribution is -0.129. The number of fused-ring (bicyclic) bond motifs is 1. The van der Waals surface area contributed by atoms with Crippen LogP contribution < -0.4 is 5.32 Å². The van der Waals surface area contributed by atoms with Crippen molar-refractivity contribution in [1.29, 1.82) is 0 Å². The molecule has 0 saturated carbocycles. The monoisotopic (exact) mass is 534 g/mol. The van der Waals surface area contributed by atoms with Crippen LogP contribution in [0.2, 0.25) is 0 Å². The number of likely N-dealkylation sites (tertiary alicyclic amines) is 2. The van der Waals surface area contributed by atoms with Gasteiger partial charge in [-0.25, -0.2) is 4.79 Å². The van der Waals surface area contributed by atoms with E-state index in [0.29, 0.717) is 42.8 Å². The summed E-state index contributed by atoms with van der Waals surface area (Å²) in [5.74, 6) is 0.0507. The zero-order chi connectivity index (χ0) is 26.1. The molecule has 1 N–H and O–H groups in total. The number of nitrogens with zero attached hydrogens (tertiary/aromatic N) is 3. The first kappa shape index (κ1) is 25.7. The average molecular weight is 535 g/mol. The van der Waals surface area contributed by atoms with Gasteiger partial charge in [0.05, 0.1) is 23.4 Å². The molecule has 0 spiro atoms. The third-order valence-electron chi connectivity index (χ3n) is 8.89. The summed E-state index contributed by atoms with van der Waals surface area (Å²) in [5, 5.41) is 3.82. The summed E-state index contributed by atoms with van der Waals surface area (Å²) < 4.78 is 5.74. The first-order valence-corrected chi connectivity index (χ1v) is 15.0. The fourth-order valence-corrected chi connectivity index (χ4v) is 7.50. The molecule has 6 rings (SSSR count). The molecular weight excluding hydrogens is 496 g/mol. The molecule has 202 valence electrons. The molecule has 3 amide bonds. The van der Waals surface area contributed by atoms with Crippen LogP contribution >= 0.6 is 11.8 Å². The summed E-state index contributed by atoms with van der Waals surface area (Å²) >= 11 is 1.92. The van der Waals surface area contributed by atoms with E-state index in [1.165, 1.54) is 0 Å². The van der Waals surface area contributed by atoms with E-state index < -0.39 is 5.41 Å². The lowest BCUT2D eigenvalue weighted by Gasteiger charge is -2.44. The highest BCUT2D eigenvalue weighted by Gasteiger charge is 2.50. The Morgan fingerprint density at radius 3 is 2.24 bits per heavy atom. The van der Waals surface area contributed by atoms with Gasteiger partial charge in [-0.3, -0.25) is 9.69 Å². The normalized spacial score (nSPS) is 26.3. The maximum absolute atomic E-state index is 13.9. The van der Waals surface area contributed by atoms with Crippen molar-refractivity contribution in [3.8, 4) is 0 Å². The Labute approximate surface area is 229 Å². The van der Waals surface area contributed by atoms with Crippen LogP contribution in [0.1, 0.15) is 49.8 Å². The maximum atomic E-state index is 13.9. The van der Waals surface area contributed by atoms with Crippen LogP contribution in [0, 0.1) is 0 Å². The minimum Gasteiger partial charge on any atom is -0.364 e. The summed E-state index contributed by atoms with van der Waals surface area (Å²) in [6.45, 7) is 6.65. The minimum atomic E-state index is -0.636. The van der Waals surface area contributed by atoms with E-state index >= 15 is 0 Å². The van der Waals surface area contributed by atoms with Gasteiger partial charge in [0, 0.05) is 38.8 Å². The van der Waals surface area contributed by atoms with E-state index in [-0.39, 0.29) is 18.0 Å². The van der Waals surface area contributed by atoms with Gasteiger partial charge in [0.1, 0.15) is 5.44 Å². The molecule has 0 radical (unpaired) electrons. The molecule has 0 bridgehead atoms. The van der Waals surface area contributed by atoms with Gasteiger partial charge in [0.25, 0.3) is 0 Å². The number of amides is 3. The molecule has 4 aliphatic rings. The van der Waals surface area contributed by atoms with Crippen molar-refractivity contribution in [1.82, 2.24) is 20.0 Å². The predicted molar refractivity (Wildman–Crippen MR) is 150 cm³/mol. The van der Waals surface area contributed by atoms with Gasteiger partial charge in [-0.15, -0.1) is 11.8 Å². The van der Waals surface area contributed by atoms with Gasteiger partial charge in [0.15, 0.2) is 0 Å². The van der Waals surface area contributed by atoms with Crippen LogP contribution in [-0.4, -0.2) is 82.8 Å². The van der Waals surface area contributed by atoms with E-state index in [9.17, 15) is 9.59 Å². The molecule has 4 heterocycles. The summed E-state index contributed by atoms with van der Waals surface area (Å²) in [6.07, 6.45) is 3.30. The highest BCUT2D eigenvalue weighted by Crippen LogP contribution is 2.48. The highest BCUT2D eigenvalue weighted by molar-refractivity contribution is 8.07. The number of nitrogens with one attached hydrogen (secondary N) is 1. The van der Waals surface area contributed by atoms with E-state index in [1.807, 2.05) is 77.0 Å². The molecular formula is C30H38N4O3S. The number of urea groups is 1. The van der Waals surface area contributed by atoms with E-state index in [2.05, 4.69) is 22.3 Å². The molecule has 2 aromatic rings. The van der Waals surface area contributed by atoms with Crippen molar-refractivity contribution < 1.29 is 14.3 Å². The molecule has 0 aliphatic carbocycles. The maximum Gasteiger partial charge on any atom is 0.320 e. The van der Waals surface area contributed by atoms with E-state index in [1.54, 1.807) is 0 Å². The Hall–Kier alpha value is -2.55. The number of carbonyl (C=O) groups excluding carboxylic acids is 2. The predicted octanol–water partition coefficient (Wildman–Crippen LogP) is 4.21. The first-order chi connectivity index (χ1) is 18.5. The van der Waals surface area contributed by atoms with Crippen LogP contribution in [0.5, 0.6) is 0 Å². The number of rotatable bonds is 5. The van der Waals surface area contributed by atoms with E-state index in [0.717, 1.165) is 50.2 Å². The molecule has 4 fully saturated rings. The summed E-state index contributed by atoms with van der Waals surface area (Å²) in [7, 11) is 0. The summed E-state index contributed by atoms with van der Waals surface area (Å²) in [5.41, 5.74) is 1.86. The number of carbonyl (C=O) groups is 2. The third kappa shape index (κ3) is 5.06. The minimum absolute atomic E-state index is 0.0507. The van der Waals surface area contributed by atoms with Crippen molar-refractivity contribution in [2.24, 2.45) is 0 Å². The molecule has 8 heteroatoms. The van der Waals surface area contributed by atoms with Crippen molar-refractivity contribution >= 4 is 23.7 Å². The second-order valence-electron chi connectivity index (χ2n) is 11.0. The molecule has 0 aromatic heterocycles. The number of hydrogen-bond acceptors (Lipinski definition) is 5. The third-order valence-corrected chi connectivity index (χ3v) is 10.0. The van der Waals surface area contributed by atoms with Crippen LogP contribution in [-0.2, 0) is 14.9 Å². The second-order valence-corrected chi connectivity index (χ2v) is 12.3. The quantitative estimate of drug-likeness (QED) is 0.582. The zero-order valence-corrected chi connectivity index (χ0v) is 22.9. The van der Waals surface area contributed by atoms with Crippen LogP contribution in [0.4, 0.5) is 4.79 Å². The smallest absolute Gasteiger partial charge is 0.320 e. The standard InChI is InChI=1S/C30H38N4O3S/c1-22(23-8-4-2-5-9-23)31-28(35)30(24-10-6-3-7-11-24)14-18-33(19-15-30)29(36)32-16-12-25(13-17-32)34-20-21-37-27-26(34)38-27/h2-11,22,25-27H,12-21H2,1H3,(H,31,35)/t22?,26?,27-/m0/s1. The Morgan fingerprint density at radius 1 is 0.921 bits per heavy atom. The van der Waals surface area contributed by atoms with Crippen molar-refractivity contribution in [2.45, 2.75) is 60.9 Å². The Kier molecular flexibility index (Phi) is 7.38. The van der Waals surface area contributed by atoms with Gasteiger partial charge >= 0.3 is 6.03 Å². The Bertz CT molecular complexity index is 1120. The molecule has 4 aliphatic heterocycles. The number of hydrogen-bond donors (Lipinski definition) is 1. The molecule has 7 nitrogen and oxygen atoms in total. The topological polar surface area (TPSA) is 65.1 Å². The van der Waals surface area contributed by atoms with Crippen LogP contribution in [0.15, 0.2) is 60.7 Å². The zero-order valence-electron chi connectivity index (χ0n) is 22.1. The number of thioether (sulfide) groups is 1. The SMILES string of the molecule is CC(NC(=O)C1(c2ccccc2)CCN(C(=O)N2CCC(N3CCO[C@H]4SC43)CC2)CC1)c1ccccc1. The van der Waals surface area contributed by atoms with Crippen molar-refractivity contribution in [3.05, 3.63) is 71.8 Å². The molecule has 4 saturated heterocycles. The van der Waals surface area contributed by atoms with Crippen LogP contribution in [0.25, 0.3) is 0 Å². The second kappa shape index (κ2) is 10.9. The number of piperidine rings is 2. The highest BCUT2D eigenvalue weighted by atomic mass is 32.2. The molecule has 2 aromatic carbocycles. The summed E-state index contributed by atoms with van der Waals surface area (Å²) in [4.78, 5) is 34.0. The number of morpholine rings is 1. The Balaban J connectivity index is 1.09. The van der Waals surface area contributed by atoms with Gasteiger partial charge in [-0.2, -0.15) is 0 Å². The van der Waals surface area contributed by atoms with Gasteiger partial charge in [-0.1, -0.05) is 60.7 Å². The van der Waals surface area contributed by atoms with Gasteiger partial charge in [-0.05, 0) is 43.7 Å². The van der Waals surface area contributed by atoms with Crippen molar-refractivity contribution in [2.75, 3.05) is 39.3 Å². The molecule has 3 atom stereocenters. The van der Waals surface area contributed by atoms with E-state index in [4.69, 9.17) is 4.74 Å². The first-order valence-electron chi connectivity index (χ1n) is 14.0. The average Bonchev–Trinajstić information content (AvgIpc) is 3.78. The lowest BCUT2D eigenvalue weighted by Crippen LogP contribution is -2.57. The fourth-order valence-electron chi connectivity index (χ4n) is 6.47. The fraction of sp³-hybridized carbons (Fsp3) is 0.533. The lowest BCUT2D eigenvalue weighted by atomic mass is 9.71. The number of ether oxygens (including phenoxy) is 1. The van der Waals surface area contributed by atoms with Crippen LogP contribution in [0.3, 0.4) is 0 Å².